The second kappa shape index (κ2) is 8.04. The van der Waals surface area contributed by atoms with Gasteiger partial charge in [-0.25, -0.2) is 0 Å². The van der Waals surface area contributed by atoms with E-state index in [1.165, 1.54) is 5.56 Å². The van der Waals surface area contributed by atoms with Crippen molar-refractivity contribution in [2.24, 2.45) is 11.3 Å². The highest BCUT2D eigenvalue weighted by Gasteiger charge is 2.19. The van der Waals surface area contributed by atoms with Crippen LogP contribution >= 0.6 is 15.9 Å². The molecule has 0 aliphatic rings. The van der Waals surface area contributed by atoms with Crippen LogP contribution in [0.25, 0.3) is 0 Å². The third-order valence-electron chi connectivity index (χ3n) is 3.84. The second-order valence-electron chi connectivity index (χ2n) is 6.44. The quantitative estimate of drug-likeness (QED) is 0.771. The van der Waals surface area contributed by atoms with E-state index in [2.05, 4.69) is 55.0 Å². The zero-order valence-corrected chi connectivity index (χ0v) is 15.6. The van der Waals surface area contributed by atoms with E-state index < -0.39 is 0 Å². The fourth-order valence-corrected chi connectivity index (χ4v) is 2.50. The Labute approximate surface area is 137 Å². The van der Waals surface area contributed by atoms with Crippen molar-refractivity contribution in [2.45, 2.75) is 41.2 Å². The lowest BCUT2D eigenvalue weighted by molar-refractivity contribution is 0.252. The molecule has 120 valence electrons. The van der Waals surface area contributed by atoms with E-state index in [4.69, 9.17) is 9.47 Å². The van der Waals surface area contributed by atoms with Crippen LogP contribution in [0.1, 0.15) is 40.2 Å². The number of hydrogen-bond donors (Lipinski definition) is 1. The monoisotopic (exact) mass is 357 g/mol. The first kappa shape index (κ1) is 18.3. The van der Waals surface area contributed by atoms with Crippen molar-refractivity contribution in [2.75, 3.05) is 20.3 Å². The highest BCUT2D eigenvalue weighted by Crippen LogP contribution is 2.36. The second-order valence-corrected chi connectivity index (χ2v) is 7.29. The Balaban J connectivity index is 2.70. The smallest absolute Gasteiger partial charge is 0.175 e. The molecule has 3 nitrogen and oxygen atoms in total. The Kier molecular flexibility index (Phi) is 7.01. The summed E-state index contributed by atoms with van der Waals surface area (Å²) in [7, 11) is 1.67. The molecule has 1 rings (SSSR count). The highest BCUT2D eigenvalue weighted by molar-refractivity contribution is 9.10. The maximum Gasteiger partial charge on any atom is 0.175 e. The van der Waals surface area contributed by atoms with Gasteiger partial charge < -0.3 is 14.8 Å². The van der Waals surface area contributed by atoms with E-state index in [0.717, 1.165) is 29.1 Å². The maximum atomic E-state index is 5.61. The molecule has 0 aromatic heterocycles. The summed E-state index contributed by atoms with van der Waals surface area (Å²) in [4.78, 5) is 0. The summed E-state index contributed by atoms with van der Waals surface area (Å²) in [5.41, 5.74) is 1.51. The lowest BCUT2D eigenvalue weighted by atomic mass is 9.82. The average Bonchev–Trinajstić information content (AvgIpc) is 2.40. The molecule has 1 atom stereocenters. The molecule has 0 fully saturated rings. The lowest BCUT2D eigenvalue weighted by Gasteiger charge is -2.27. The molecule has 21 heavy (non-hydrogen) atoms. The first-order chi connectivity index (χ1) is 9.79. The van der Waals surface area contributed by atoms with E-state index in [1.807, 2.05) is 13.0 Å². The van der Waals surface area contributed by atoms with E-state index in [0.29, 0.717) is 17.9 Å². The largest absolute Gasteiger partial charge is 0.493 e. The Hall–Kier alpha value is -0.740. The molecule has 0 saturated heterocycles. The molecule has 4 heteroatoms. The van der Waals surface area contributed by atoms with E-state index >= 15 is 0 Å². The zero-order valence-electron chi connectivity index (χ0n) is 14.0. The predicted molar refractivity (Wildman–Crippen MR) is 92.2 cm³/mol. The van der Waals surface area contributed by atoms with Crippen LogP contribution in [0.4, 0.5) is 0 Å². The number of halogens is 1. The van der Waals surface area contributed by atoms with Crippen molar-refractivity contribution in [3.05, 3.63) is 22.2 Å². The fraction of sp³-hybridized carbons (Fsp3) is 0.647. The van der Waals surface area contributed by atoms with Gasteiger partial charge in [0.2, 0.25) is 0 Å². The standard InChI is InChI=1S/C17H28BrNO2/c1-7-21-16-14(18)8-13(9-15(16)20-6)11-19-10-12(2)17(3,4)5/h8-9,12,19H,7,10-11H2,1-6H3. The predicted octanol–water partition coefficient (Wildman–Crippen LogP) is 4.63. The van der Waals surface area contributed by atoms with Crippen molar-refractivity contribution < 1.29 is 9.47 Å². The molecule has 0 amide bonds. The number of rotatable bonds is 7. The van der Waals surface area contributed by atoms with Crippen molar-refractivity contribution in [3.63, 3.8) is 0 Å². The first-order valence-electron chi connectivity index (χ1n) is 7.49. The number of ether oxygens (including phenoxy) is 2. The minimum atomic E-state index is 0.324. The highest BCUT2D eigenvalue weighted by atomic mass is 79.9. The van der Waals surface area contributed by atoms with Crippen molar-refractivity contribution in [1.82, 2.24) is 5.32 Å². The van der Waals surface area contributed by atoms with Crippen LogP contribution in [0.15, 0.2) is 16.6 Å². The number of nitrogens with one attached hydrogen (secondary N) is 1. The van der Waals surface area contributed by atoms with Crippen molar-refractivity contribution >= 4 is 15.9 Å². The third kappa shape index (κ3) is 5.51. The molecule has 0 heterocycles. The van der Waals surface area contributed by atoms with Gasteiger partial charge in [0, 0.05) is 6.54 Å². The van der Waals surface area contributed by atoms with Gasteiger partial charge in [0.05, 0.1) is 18.2 Å². The van der Waals surface area contributed by atoms with Gasteiger partial charge in [-0.15, -0.1) is 0 Å². The van der Waals surface area contributed by atoms with Gasteiger partial charge in [-0.2, -0.15) is 0 Å². The maximum absolute atomic E-state index is 5.61. The summed E-state index contributed by atoms with van der Waals surface area (Å²) in [5, 5.41) is 3.52. The summed E-state index contributed by atoms with van der Waals surface area (Å²) in [6, 6.07) is 4.12. The molecular weight excluding hydrogens is 330 g/mol. The van der Waals surface area contributed by atoms with E-state index in [9.17, 15) is 0 Å². The van der Waals surface area contributed by atoms with E-state index in [1.54, 1.807) is 7.11 Å². The minimum Gasteiger partial charge on any atom is -0.493 e. The molecule has 0 aliphatic heterocycles. The van der Waals surface area contributed by atoms with Crippen molar-refractivity contribution in [3.8, 4) is 11.5 Å². The van der Waals surface area contributed by atoms with Gasteiger partial charge in [0.25, 0.3) is 0 Å². The van der Waals surface area contributed by atoms with Gasteiger partial charge in [-0.1, -0.05) is 27.7 Å². The topological polar surface area (TPSA) is 30.5 Å². The molecule has 0 aliphatic carbocycles. The summed E-state index contributed by atoms with van der Waals surface area (Å²) in [5.74, 6) is 2.16. The molecule has 1 aromatic carbocycles. The summed E-state index contributed by atoms with van der Waals surface area (Å²) in [6.07, 6.45) is 0. The van der Waals surface area contributed by atoms with Crippen LogP contribution < -0.4 is 14.8 Å². The molecule has 1 N–H and O–H groups in total. The van der Waals surface area contributed by atoms with Gasteiger partial charge in [0.15, 0.2) is 11.5 Å². The van der Waals surface area contributed by atoms with Crippen LogP contribution in [0.5, 0.6) is 11.5 Å². The van der Waals surface area contributed by atoms with Gasteiger partial charge >= 0.3 is 0 Å². The number of methoxy groups -OCH3 is 1. The van der Waals surface area contributed by atoms with Crippen LogP contribution in [-0.2, 0) is 6.54 Å². The van der Waals surface area contributed by atoms with E-state index in [-0.39, 0.29) is 0 Å². The molecule has 0 radical (unpaired) electrons. The third-order valence-corrected chi connectivity index (χ3v) is 4.42. The molecule has 0 saturated carbocycles. The zero-order chi connectivity index (χ0) is 16.0. The summed E-state index contributed by atoms with van der Waals surface area (Å²) >= 11 is 3.56. The number of benzene rings is 1. The number of hydrogen-bond acceptors (Lipinski definition) is 3. The Morgan fingerprint density at radius 2 is 1.95 bits per heavy atom. The SMILES string of the molecule is CCOc1c(Br)cc(CNCC(C)C(C)(C)C)cc1OC. The molecule has 1 unspecified atom stereocenters. The normalized spacial score (nSPS) is 13.1. The minimum absolute atomic E-state index is 0.324. The van der Waals surface area contributed by atoms with Crippen LogP contribution in [0, 0.1) is 11.3 Å². The molecule has 0 bridgehead atoms. The van der Waals surface area contributed by atoms with Gasteiger partial charge in [-0.05, 0) is 58.4 Å². The molecular formula is C17H28BrNO2. The molecule has 1 aromatic rings. The summed E-state index contributed by atoms with van der Waals surface area (Å²) in [6.45, 7) is 13.5. The summed E-state index contributed by atoms with van der Waals surface area (Å²) < 4.78 is 12.0. The van der Waals surface area contributed by atoms with Crippen molar-refractivity contribution in [1.29, 1.82) is 0 Å². The van der Waals surface area contributed by atoms with Gasteiger partial charge in [-0.3, -0.25) is 0 Å². The fourth-order valence-electron chi connectivity index (χ4n) is 1.90. The Bertz CT molecular complexity index is 455. The Morgan fingerprint density at radius 3 is 2.48 bits per heavy atom. The van der Waals surface area contributed by atoms with Crippen LogP contribution in [0.3, 0.4) is 0 Å². The molecule has 0 spiro atoms. The average molecular weight is 358 g/mol. The lowest BCUT2D eigenvalue weighted by Crippen LogP contribution is -2.29. The first-order valence-corrected chi connectivity index (χ1v) is 8.28. The Morgan fingerprint density at radius 1 is 1.29 bits per heavy atom. The van der Waals surface area contributed by atoms with Crippen LogP contribution in [0.2, 0.25) is 0 Å². The van der Waals surface area contributed by atoms with Crippen LogP contribution in [-0.4, -0.2) is 20.3 Å². The van der Waals surface area contributed by atoms with Gasteiger partial charge in [0.1, 0.15) is 0 Å².